The molecule has 0 radical (unpaired) electrons. The van der Waals surface area contributed by atoms with Crippen LogP contribution in [0.5, 0.6) is 0 Å². The minimum absolute atomic E-state index is 6.34. The molecule has 5 heteroatoms. The average Bonchev–Trinajstić information content (AvgIpc) is 0.722. The molecule has 0 N–H and O–H groups in total. The van der Waals surface area contributed by atoms with Crippen molar-refractivity contribution in [3.8, 4) is 0 Å². The third-order valence-corrected chi connectivity index (χ3v) is 0. The van der Waals surface area contributed by atoms with E-state index in [9.17, 15) is 0 Å². The first-order valence-electron chi connectivity index (χ1n) is 0.816. The van der Waals surface area contributed by atoms with Crippen LogP contribution in [0.15, 0.2) is 0 Å². The Morgan fingerprint density at radius 1 is 1.20 bits per heavy atom. The minimum atomic E-state index is -6.34. The van der Waals surface area contributed by atoms with Gasteiger partial charge in [0.05, 0.1) is 0 Å². The molecular formula is O4U-2. The van der Waals surface area contributed by atoms with E-state index in [0.717, 1.165) is 0 Å². The molecule has 0 aromatic rings. The van der Waals surface area contributed by atoms with E-state index in [4.69, 9.17) is 9.69 Å². The van der Waals surface area contributed by atoms with Crippen LogP contribution in [0.25, 0.3) is 0 Å². The molecule has 0 bridgehead atoms. The summed E-state index contributed by atoms with van der Waals surface area (Å²) in [6, 6.07) is 0. The maximum atomic E-state index is 8.67. The fourth-order valence-electron chi connectivity index (χ4n) is 0. The molecule has 0 unspecified atom stereocenters. The van der Waals surface area contributed by atoms with E-state index >= 15 is 0 Å². The SMILES string of the molecule is [O]=[U](=[O])([O-])[O-]. The summed E-state index contributed by atoms with van der Waals surface area (Å²) in [4.78, 5) is 0. The first kappa shape index (κ1) is 5.57. The molecule has 0 saturated carbocycles. The molecule has 0 saturated heterocycles. The Morgan fingerprint density at radius 3 is 1.20 bits per heavy atom. The summed E-state index contributed by atoms with van der Waals surface area (Å²) in [5, 5.41) is 0. The van der Waals surface area contributed by atoms with Gasteiger partial charge in [-0.15, -0.1) is 0 Å². The van der Waals surface area contributed by atoms with Crippen molar-refractivity contribution < 1.29 is 35.1 Å². The maximum absolute atomic E-state index is 8.67. The van der Waals surface area contributed by atoms with Crippen LogP contribution in [-0.4, -0.2) is 0 Å². The van der Waals surface area contributed by atoms with Gasteiger partial charge in [-0.3, -0.25) is 0 Å². The second kappa shape index (κ2) is 1.35. The zero-order valence-electron chi connectivity index (χ0n) is 2.13. The quantitative estimate of drug-likeness (QED) is 0.491. The molecule has 0 aromatic heterocycles. The molecule has 4 nitrogen and oxygen atoms in total. The third kappa shape index (κ3) is 92.5. The predicted octanol–water partition coefficient (Wildman–Crippen LogP) is -2.62. The Hall–Kier alpha value is 0.572. The molecule has 5 heavy (non-hydrogen) atoms. The molecule has 0 aromatic carbocycles. The first-order valence-corrected chi connectivity index (χ1v) is 7.62. The molecule has 0 aliphatic heterocycles. The molecule has 0 spiro atoms. The van der Waals surface area contributed by atoms with Crippen LogP contribution in [0.1, 0.15) is 0 Å². The van der Waals surface area contributed by atoms with Crippen molar-refractivity contribution in [2.45, 2.75) is 0 Å². The second-order valence-electron chi connectivity index (χ2n) is 0.500. The van der Waals surface area contributed by atoms with Crippen molar-refractivity contribution in [3.63, 3.8) is 0 Å². The van der Waals surface area contributed by atoms with Gasteiger partial charge in [-0.05, 0) is 0 Å². The average molecular weight is 302 g/mol. The van der Waals surface area contributed by atoms with E-state index in [1.165, 1.54) is 0 Å². The van der Waals surface area contributed by atoms with Gasteiger partial charge in [0.25, 0.3) is 0 Å². The Balaban J connectivity index is 4.06. The molecule has 0 aliphatic rings. The van der Waals surface area contributed by atoms with E-state index in [1.807, 2.05) is 0 Å². The van der Waals surface area contributed by atoms with Crippen LogP contribution in [0.4, 0.5) is 0 Å². The van der Waals surface area contributed by atoms with Crippen molar-refractivity contribution in [2.24, 2.45) is 0 Å². The normalized spacial score (nSPS) is 11.6. The predicted molar refractivity (Wildman–Crippen MR) is 1.37 cm³/mol. The Bertz CT molecular complexity index is 86.8. The van der Waals surface area contributed by atoms with Gasteiger partial charge in [-0.2, -0.15) is 0 Å². The molecule has 0 heterocycles. The molecule has 0 fully saturated rings. The topological polar surface area (TPSA) is 80.3 Å². The van der Waals surface area contributed by atoms with Gasteiger partial charge in [0, 0.05) is 0 Å². The fraction of sp³-hybridized carbons (Fsp3) is 0. The van der Waals surface area contributed by atoms with Gasteiger partial charge >= 0.3 is 35.1 Å². The number of hydrogen-bond acceptors (Lipinski definition) is 4. The molecular weight excluding hydrogens is 302 g/mol. The summed E-state index contributed by atoms with van der Waals surface area (Å²) in [6.07, 6.45) is 0. The molecule has 0 amide bonds. The van der Waals surface area contributed by atoms with Gasteiger partial charge in [-0.25, -0.2) is 0 Å². The summed E-state index contributed by atoms with van der Waals surface area (Å²) in [6.45, 7) is 0. The molecule has 0 aliphatic carbocycles. The van der Waals surface area contributed by atoms with Crippen LogP contribution >= 0.6 is 0 Å². The Labute approximate surface area is 35.3 Å². The van der Waals surface area contributed by atoms with E-state index in [0.29, 0.717) is 0 Å². The van der Waals surface area contributed by atoms with Gasteiger partial charge in [-0.1, -0.05) is 0 Å². The second-order valence-corrected chi connectivity index (χ2v) is 4.66. The summed E-state index contributed by atoms with van der Waals surface area (Å²) in [7, 11) is 0. The molecule has 0 rings (SSSR count). The summed E-state index contributed by atoms with van der Waals surface area (Å²) in [5.41, 5.74) is 0. The van der Waals surface area contributed by atoms with Crippen LogP contribution in [0.3, 0.4) is 0 Å². The fourth-order valence-corrected chi connectivity index (χ4v) is 0. The van der Waals surface area contributed by atoms with Crippen LogP contribution in [-0.2, 0) is 4.47 Å². The van der Waals surface area contributed by atoms with Gasteiger partial charge in [0.2, 0.25) is 0 Å². The third-order valence-electron chi connectivity index (χ3n) is 0. The van der Waals surface area contributed by atoms with Gasteiger partial charge in [0.15, 0.2) is 0 Å². The van der Waals surface area contributed by atoms with Crippen molar-refractivity contribution in [3.05, 3.63) is 0 Å². The number of hydrogen-bond donors (Lipinski definition) is 0. The Morgan fingerprint density at radius 2 is 1.20 bits per heavy atom. The Kier molecular flexibility index (Phi) is 1.51. The van der Waals surface area contributed by atoms with Crippen LogP contribution in [0.2, 0.25) is 0 Å². The zero-order chi connectivity index (χ0) is 4.50. The van der Waals surface area contributed by atoms with Crippen molar-refractivity contribution in [1.82, 2.24) is 0 Å². The van der Waals surface area contributed by atoms with E-state index in [1.54, 1.807) is 0 Å². The van der Waals surface area contributed by atoms with E-state index < -0.39 is 25.4 Å². The monoisotopic (exact) mass is 302 g/mol. The first-order chi connectivity index (χ1) is 2.00. The van der Waals surface area contributed by atoms with Crippen LogP contribution in [0, 0.1) is 25.4 Å². The number of rotatable bonds is 0. The zero-order valence-corrected chi connectivity index (χ0v) is 6.30. The van der Waals surface area contributed by atoms with Crippen molar-refractivity contribution in [1.29, 1.82) is 0 Å². The van der Waals surface area contributed by atoms with E-state index in [2.05, 4.69) is 0 Å². The van der Waals surface area contributed by atoms with Crippen molar-refractivity contribution in [2.75, 3.05) is 0 Å². The molecule has 0 atom stereocenters. The summed E-state index contributed by atoms with van der Waals surface area (Å²) < 4.78 is 34.7. The van der Waals surface area contributed by atoms with Crippen LogP contribution < -0.4 is 5.22 Å². The van der Waals surface area contributed by atoms with Gasteiger partial charge < -0.3 is 0 Å². The summed E-state index contributed by atoms with van der Waals surface area (Å²) in [5.74, 6) is 0. The summed E-state index contributed by atoms with van der Waals surface area (Å²) >= 11 is -6.34. The van der Waals surface area contributed by atoms with Gasteiger partial charge in [0.1, 0.15) is 0 Å². The molecule has 30 valence electrons. The standard InChI is InChI=1S/4O.U/q;;2*-1;. The van der Waals surface area contributed by atoms with Crippen molar-refractivity contribution >= 4 is 0 Å². The van der Waals surface area contributed by atoms with E-state index in [-0.39, 0.29) is 0 Å².